The lowest BCUT2D eigenvalue weighted by Gasteiger charge is -2.20. The fourth-order valence-electron chi connectivity index (χ4n) is 5.53. The molecule has 0 saturated carbocycles. The lowest BCUT2D eigenvalue weighted by molar-refractivity contribution is -0.161. The van der Waals surface area contributed by atoms with Crippen molar-refractivity contribution in [1.82, 2.24) is 0 Å². The number of aliphatic hydroxyl groups excluding tert-OH is 2. The maximum absolute atomic E-state index is 12.6. The van der Waals surface area contributed by atoms with Gasteiger partial charge in [-0.1, -0.05) is 133 Å². The number of carbonyl (C=O) groups is 3. The van der Waals surface area contributed by atoms with Gasteiger partial charge in [-0.2, -0.15) is 0 Å². The largest absolute Gasteiger partial charge is 0.472 e. The molecule has 1 unspecified atom stereocenters. The smallest absolute Gasteiger partial charge is 0.462 e. The third-order valence-electron chi connectivity index (χ3n) is 8.93. The van der Waals surface area contributed by atoms with Gasteiger partial charge in [-0.05, 0) is 70.3 Å². The highest BCUT2D eigenvalue weighted by Crippen LogP contribution is 2.43. The molecule has 0 aliphatic carbocycles. The summed E-state index contributed by atoms with van der Waals surface area (Å²) in [6, 6.07) is 0. The van der Waals surface area contributed by atoms with Crippen molar-refractivity contribution in [3.63, 3.8) is 0 Å². The SMILES string of the molecule is CCCCC/C=C\C=C\C(=O)CCCCCCCC(=O)O[C@H](COC(=O)CCCCCCCCC/C=C\C/C=C\CCCCC)COP(=O)(O)OC[C@@H](O)CO. The normalized spacial score (nSPS) is 14.2. The first kappa shape index (κ1) is 53.6. The van der Waals surface area contributed by atoms with Gasteiger partial charge < -0.3 is 24.6 Å². The van der Waals surface area contributed by atoms with Crippen LogP contribution in [0, 0.1) is 0 Å². The van der Waals surface area contributed by atoms with Crippen LogP contribution in [-0.2, 0) is 37.5 Å². The van der Waals surface area contributed by atoms with Crippen molar-refractivity contribution in [1.29, 1.82) is 0 Å². The van der Waals surface area contributed by atoms with Gasteiger partial charge in [0.1, 0.15) is 12.7 Å². The molecule has 0 aromatic carbocycles. The number of allylic oxidation sites excluding steroid dienone is 8. The first-order chi connectivity index (χ1) is 27.1. The number of phosphoric acid groups is 1. The number of carbonyl (C=O) groups excluding carboxylic acids is 3. The third-order valence-corrected chi connectivity index (χ3v) is 9.88. The molecule has 0 spiro atoms. The van der Waals surface area contributed by atoms with E-state index in [0.29, 0.717) is 19.3 Å². The van der Waals surface area contributed by atoms with E-state index < -0.39 is 51.8 Å². The predicted molar refractivity (Wildman–Crippen MR) is 224 cm³/mol. The van der Waals surface area contributed by atoms with Gasteiger partial charge in [-0.25, -0.2) is 4.57 Å². The van der Waals surface area contributed by atoms with Crippen molar-refractivity contribution in [2.45, 2.75) is 187 Å². The standard InChI is InChI=1S/C44H77O11P/c1-3-5-7-9-11-12-13-14-15-16-17-18-19-20-22-26-30-34-43(48)52-38-42(39-54-56(50,51)53-37-41(47)36-45)55-44(49)35-31-27-23-25-29-33-40(46)32-28-24-21-10-8-6-4-2/h11-12,14-15,21,24,28,32,41-42,45,47H,3-10,13,16-20,22-23,25-27,29-31,33-39H2,1-2H3,(H,50,51)/b12-11-,15-14-,24-21-,32-28+/t41-,42+/m0/s1. The molecule has 0 bridgehead atoms. The summed E-state index contributed by atoms with van der Waals surface area (Å²) in [5.41, 5.74) is 0. The topological polar surface area (TPSA) is 166 Å². The van der Waals surface area contributed by atoms with E-state index in [1.54, 1.807) is 12.2 Å². The minimum Gasteiger partial charge on any atom is -0.462 e. The monoisotopic (exact) mass is 813 g/mol. The highest BCUT2D eigenvalue weighted by atomic mass is 31.2. The van der Waals surface area contributed by atoms with E-state index in [1.165, 1.54) is 51.4 Å². The number of hydrogen-bond acceptors (Lipinski definition) is 10. The fraction of sp³-hybridized carbons (Fsp3) is 0.750. The Morgan fingerprint density at radius 3 is 1.68 bits per heavy atom. The van der Waals surface area contributed by atoms with Gasteiger partial charge in [0.05, 0.1) is 19.8 Å². The summed E-state index contributed by atoms with van der Waals surface area (Å²) in [4.78, 5) is 47.0. The Kier molecular flexibility index (Phi) is 37.7. The summed E-state index contributed by atoms with van der Waals surface area (Å²) >= 11 is 0. The van der Waals surface area contributed by atoms with Gasteiger partial charge in [0.25, 0.3) is 0 Å². The van der Waals surface area contributed by atoms with Crippen molar-refractivity contribution in [3.8, 4) is 0 Å². The quantitative estimate of drug-likeness (QED) is 0.0135. The Labute approximate surface area is 339 Å². The minimum atomic E-state index is -4.65. The Hall–Kier alpha value is -2.40. The summed E-state index contributed by atoms with van der Waals surface area (Å²) in [6.07, 6.45) is 37.5. The molecule has 0 saturated heterocycles. The maximum Gasteiger partial charge on any atom is 0.472 e. The molecule has 0 heterocycles. The second-order valence-corrected chi connectivity index (χ2v) is 15.8. The van der Waals surface area contributed by atoms with Crippen molar-refractivity contribution in [2.75, 3.05) is 26.4 Å². The van der Waals surface area contributed by atoms with Crippen molar-refractivity contribution in [3.05, 3.63) is 48.6 Å². The predicted octanol–water partition coefficient (Wildman–Crippen LogP) is 10.5. The molecule has 0 fully saturated rings. The van der Waals surface area contributed by atoms with Crippen LogP contribution in [0.3, 0.4) is 0 Å². The Balaban J connectivity index is 4.40. The lowest BCUT2D eigenvalue weighted by Crippen LogP contribution is -2.29. The number of unbranched alkanes of at least 4 members (excludes halogenated alkanes) is 17. The summed E-state index contributed by atoms with van der Waals surface area (Å²) in [5.74, 6) is -0.931. The van der Waals surface area contributed by atoms with Crippen LogP contribution in [0.4, 0.5) is 0 Å². The lowest BCUT2D eigenvalue weighted by atomic mass is 10.1. The number of phosphoric ester groups is 1. The van der Waals surface area contributed by atoms with Crippen LogP contribution in [0.2, 0.25) is 0 Å². The van der Waals surface area contributed by atoms with Gasteiger partial charge in [0.15, 0.2) is 11.9 Å². The molecular formula is C44H77O11P. The van der Waals surface area contributed by atoms with Gasteiger partial charge >= 0.3 is 19.8 Å². The van der Waals surface area contributed by atoms with Crippen LogP contribution in [0.5, 0.6) is 0 Å². The van der Waals surface area contributed by atoms with Crippen LogP contribution in [0.25, 0.3) is 0 Å². The van der Waals surface area contributed by atoms with E-state index in [0.717, 1.165) is 77.0 Å². The summed E-state index contributed by atoms with van der Waals surface area (Å²) in [6.45, 7) is 2.15. The molecule has 0 radical (unpaired) electrons. The highest BCUT2D eigenvalue weighted by Gasteiger charge is 2.27. The zero-order valence-corrected chi connectivity index (χ0v) is 35.7. The fourth-order valence-corrected chi connectivity index (χ4v) is 6.32. The number of ketones is 1. The molecule has 0 aromatic heterocycles. The number of aliphatic hydroxyl groups is 2. The number of hydrogen-bond donors (Lipinski definition) is 3. The Bertz CT molecular complexity index is 1130. The molecule has 0 aliphatic rings. The average Bonchev–Trinajstić information content (AvgIpc) is 3.18. The van der Waals surface area contributed by atoms with Crippen LogP contribution in [-0.4, -0.2) is 71.5 Å². The van der Waals surface area contributed by atoms with Crippen LogP contribution in [0.15, 0.2) is 48.6 Å². The minimum absolute atomic E-state index is 0.0973. The zero-order valence-electron chi connectivity index (χ0n) is 34.8. The van der Waals surface area contributed by atoms with Crippen LogP contribution >= 0.6 is 7.82 Å². The Morgan fingerprint density at radius 2 is 1.09 bits per heavy atom. The van der Waals surface area contributed by atoms with E-state index >= 15 is 0 Å². The van der Waals surface area contributed by atoms with Crippen LogP contribution < -0.4 is 0 Å². The van der Waals surface area contributed by atoms with Gasteiger partial charge in [0.2, 0.25) is 0 Å². The average molecular weight is 813 g/mol. The van der Waals surface area contributed by atoms with E-state index in [2.05, 4.69) is 48.8 Å². The molecule has 12 heteroatoms. The van der Waals surface area contributed by atoms with Crippen molar-refractivity contribution >= 4 is 25.5 Å². The molecule has 0 aromatic rings. The molecule has 11 nitrogen and oxygen atoms in total. The second kappa shape index (κ2) is 39.4. The van der Waals surface area contributed by atoms with Gasteiger partial charge in [0, 0.05) is 19.3 Å². The van der Waals surface area contributed by atoms with Crippen LogP contribution in [0.1, 0.15) is 174 Å². The van der Waals surface area contributed by atoms with E-state index in [1.807, 2.05) is 6.08 Å². The maximum atomic E-state index is 12.6. The van der Waals surface area contributed by atoms with Crippen molar-refractivity contribution in [2.24, 2.45) is 0 Å². The summed E-state index contributed by atoms with van der Waals surface area (Å²) < 4.78 is 32.6. The molecular weight excluding hydrogens is 735 g/mol. The zero-order chi connectivity index (χ0) is 41.4. The van der Waals surface area contributed by atoms with E-state index in [4.69, 9.17) is 19.1 Å². The third kappa shape index (κ3) is 38.5. The number of rotatable bonds is 40. The molecule has 56 heavy (non-hydrogen) atoms. The van der Waals surface area contributed by atoms with Gasteiger partial charge in [-0.3, -0.25) is 23.4 Å². The van der Waals surface area contributed by atoms with Gasteiger partial charge in [-0.15, -0.1) is 0 Å². The molecule has 324 valence electrons. The number of esters is 2. The van der Waals surface area contributed by atoms with E-state index in [9.17, 15) is 28.9 Å². The summed E-state index contributed by atoms with van der Waals surface area (Å²) in [5, 5.41) is 18.3. The number of ether oxygens (including phenoxy) is 2. The molecule has 3 N–H and O–H groups in total. The van der Waals surface area contributed by atoms with Crippen molar-refractivity contribution < 1.29 is 52.6 Å². The summed E-state index contributed by atoms with van der Waals surface area (Å²) in [7, 11) is -4.65. The molecule has 0 rings (SSSR count). The molecule has 3 atom stereocenters. The Morgan fingerprint density at radius 1 is 0.589 bits per heavy atom. The first-order valence-corrected chi connectivity index (χ1v) is 23.0. The molecule has 0 amide bonds. The van der Waals surface area contributed by atoms with E-state index in [-0.39, 0.29) is 25.2 Å². The second-order valence-electron chi connectivity index (χ2n) is 14.4. The molecule has 0 aliphatic heterocycles. The highest BCUT2D eigenvalue weighted by molar-refractivity contribution is 7.47. The first-order valence-electron chi connectivity index (χ1n) is 21.5.